The van der Waals surface area contributed by atoms with Crippen LogP contribution in [0, 0.1) is 0 Å². The first-order chi connectivity index (χ1) is 10.3. The third-order valence-corrected chi connectivity index (χ3v) is 4.65. The predicted octanol–water partition coefficient (Wildman–Crippen LogP) is 2.16. The van der Waals surface area contributed by atoms with Crippen LogP contribution in [-0.4, -0.2) is 48.3 Å². The van der Waals surface area contributed by atoms with E-state index in [4.69, 9.17) is 9.26 Å². The van der Waals surface area contributed by atoms with Crippen molar-refractivity contribution in [3.05, 3.63) is 17.3 Å². The molecule has 21 heavy (non-hydrogen) atoms. The van der Waals surface area contributed by atoms with E-state index in [2.05, 4.69) is 27.3 Å². The molecule has 1 atom stereocenters. The van der Waals surface area contributed by atoms with Crippen LogP contribution < -0.4 is 10.1 Å². The van der Waals surface area contributed by atoms with Crippen LogP contribution in [0.25, 0.3) is 10.8 Å². The molecule has 3 heterocycles. The first-order valence-corrected chi connectivity index (χ1v) is 8.11. The highest BCUT2D eigenvalue weighted by Gasteiger charge is 2.26. The van der Waals surface area contributed by atoms with Crippen molar-refractivity contribution in [3.8, 4) is 16.5 Å². The summed E-state index contributed by atoms with van der Waals surface area (Å²) >= 11 is 1.55. The lowest BCUT2D eigenvalue weighted by atomic mass is 10.1. The van der Waals surface area contributed by atoms with E-state index in [1.165, 1.54) is 0 Å². The second-order valence-corrected chi connectivity index (χ2v) is 5.90. The fourth-order valence-electron chi connectivity index (χ4n) is 2.67. The van der Waals surface area contributed by atoms with Gasteiger partial charge in [0.2, 0.25) is 0 Å². The van der Waals surface area contributed by atoms with Gasteiger partial charge in [0.25, 0.3) is 5.89 Å². The number of thiophene rings is 1. The third-order valence-electron chi connectivity index (χ3n) is 3.76. The third kappa shape index (κ3) is 2.95. The van der Waals surface area contributed by atoms with E-state index < -0.39 is 0 Å². The van der Waals surface area contributed by atoms with Gasteiger partial charge in [-0.1, -0.05) is 12.1 Å². The Kier molecular flexibility index (Phi) is 4.52. The molecule has 0 radical (unpaired) electrons. The zero-order chi connectivity index (χ0) is 14.7. The molecule has 114 valence electrons. The van der Waals surface area contributed by atoms with Gasteiger partial charge in [0.1, 0.15) is 10.6 Å². The number of ether oxygens (including phenoxy) is 1. The molecule has 0 amide bonds. The van der Waals surface area contributed by atoms with Gasteiger partial charge in [-0.05, 0) is 17.9 Å². The van der Waals surface area contributed by atoms with Crippen LogP contribution in [-0.2, 0) is 0 Å². The van der Waals surface area contributed by atoms with E-state index >= 15 is 0 Å². The van der Waals surface area contributed by atoms with Gasteiger partial charge in [0.05, 0.1) is 13.2 Å². The summed E-state index contributed by atoms with van der Waals surface area (Å²) in [4.78, 5) is 7.91. The molecule has 0 spiro atoms. The maximum atomic E-state index is 5.45. The van der Waals surface area contributed by atoms with Crippen LogP contribution in [0.15, 0.2) is 16.0 Å². The Balaban J connectivity index is 1.82. The number of nitrogens with zero attached hydrogens (tertiary/aromatic N) is 3. The molecule has 1 aliphatic heterocycles. The summed E-state index contributed by atoms with van der Waals surface area (Å²) in [6.45, 7) is 6.23. The Hall–Kier alpha value is -1.44. The molecule has 1 saturated heterocycles. The van der Waals surface area contributed by atoms with Crippen molar-refractivity contribution in [1.29, 1.82) is 0 Å². The average molecular weight is 308 g/mol. The Labute approximate surface area is 128 Å². The van der Waals surface area contributed by atoms with Crippen LogP contribution in [0.1, 0.15) is 25.2 Å². The molecule has 1 N–H and O–H groups in total. The van der Waals surface area contributed by atoms with E-state index in [1.54, 1.807) is 18.4 Å². The molecule has 1 fully saturated rings. The van der Waals surface area contributed by atoms with Crippen LogP contribution in [0.5, 0.6) is 5.75 Å². The largest absolute Gasteiger partial charge is 0.495 e. The van der Waals surface area contributed by atoms with E-state index in [0.29, 0.717) is 5.89 Å². The molecule has 3 rings (SSSR count). The molecule has 1 aliphatic rings. The molecule has 0 bridgehead atoms. The molecule has 6 nitrogen and oxygen atoms in total. The zero-order valence-electron chi connectivity index (χ0n) is 12.3. The minimum atomic E-state index is 0.218. The van der Waals surface area contributed by atoms with Gasteiger partial charge in [-0.3, -0.25) is 4.90 Å². The van der Waals surface area contributed by atoms with Crippen molar-refractivity contribution in [2.75, 3.05) is 33.3 Å². The molecular formula is C14H20N4O2S. The first-order valence-electron chi connectivity index (χ1n) is 7.23. The molecular weight excluding hydrogens is 288 g/mol. The Morgan fingerprint density at radius 2 is 2.29 bits per heavy atom. The molecule has 0 aliphatic carbocycles. The van der Waals surface area contributed by atoms with Crippen molar-refractivity contribution >= 4 is 11.3 Å². The maximum absolute atomic E-state index is 5.45. The Morgan fingerprint density at radius 1 is 1.48 bits per heavy atom. The standard InChI is InChI=1S/C14H20N4O2S/c1-3-10(18-7-5-15-6-8-18)13-16-14(20-17-13)12-11(19-2)4-9-21-12/h4,9-10,15H,3,5-8H2,1-2H3. The number of rotatable bonds is 5. The Bertz CT molecular complexity index is 577. The number of piperazine rings is 1. The second-order valence-electron chi connectivity index (χ2n) is 4.99. The zero-order valence-corrected chi connectivity index (χ0v) is 13.2. The molecule has 7 heteroatoms. The van der Waals surface area contributed by atoms with Gasteiger partial charge < -0.3 is 14.6 Å². The second kappa shape index (κ2) is 6.55. The monoisotopic (exact) mass is 308 g/mol. The fraction of sp³-hybridized carbons (Fsp3) is 0.571. The number of methoxy groups -OCH3 is 1. The van der Waals surface area contributed by atoms with Crippen LogP contribution in [0.3, 0.4) is 0 Å². The smallest absolute Gasteiger partial charge is 0.271 e. The van der Waals surface area contributed by atoms with Crippen LogP contribution in [0.2, 0.25) is 0 Å². The summed E-state index contributed by atoms with van der Waals surface area (Å²) in [6.07, 6.45) is 0.973. The lowest BCUT2D eigenvalue weighted by Crippen LogP contribution is -2.45. The summed E-state index contributed by atoms with van der Waals surface area (Å²) in [5, 5.41) is 9.53. The van der Waals surface area contributed by atoms with Crippen molar-refractivity contribution < 1.29 is 9.26 Å². The summed E-state index contributed by atoms with van der Waals surface area (Å²) in [5.74, 6) is 2.10. The van der Waals surface area contributed by atoms with Gasteiger partial charge in [0, 0.05) is 26.2 Å². The molecule has 0 aromatic carbocycles. The van der Waals surface area contributed by atoms with E-state index in [1.807, 2.05) is 11.4 Å². The highest BCUT2D eigenvalue weighted by atomic mass is 32.1. The van der Waals surface area contributed by atoms with E-state index in [-0.39, 0.29) is 6.04 Å². The summed E-state index contributed by atoms with van der Waals surface area (Å²) in [5.41, 5.74) is 0. The van der Waals surface area contributed by atoms with Gasteiger partial charge in [-0.15, -0.1) is 11.3 Å². The molecule has 1 unspecified atom stereocenters. The average Bonchev–Trinajstić information content (AvgIpc) is 3.17. The number of hydrogen-bond donors (Lipinski definition) is 1. The topological polar surface area (TPSA) is 63.4 Å². The van der Waals surface area contributed by atoms with Crippen LogP contribution in [0.4, 0.5) is 0 Å². The molecule has 0 saturated carbocycles. The van der Waals surface area contributed by atoms with Crippen molar-refractivity contribution in [2.24, 2.45) is 0 Å². The van der Waals surface area contributed by atoms with Crippen molar-refractivity contribution in [2.45, 2.75) is 19.4 Å². The highest BCUT2D eigenvalue weighted by Crippen LogP contribution is 2.35. The van der Waals surface area contributed by atoms with Gasteiger partial charge in [-0.25, -0.2) is 0 Å². The molecule has 2 aromatic heterocycles. The predicted molar refractivity (Wildman–Crippen MR) is 81.6 cm³/mol. The normalized spacial score (nSPS) is 17.8. The van der Waals surface area contributed by atoms with Crippen LogP contribution >= 0.6 is 11.3 Å². The quantitative estimate of drug-likeness (QED) is 0.913. The van der Waals surface area contributed by atoms with E-state index in [9.17, 15) is 0 Å². The van der Waals surface area contributed by atoms with Gasteiger partial charge in [0.15, 0.2) is 5.82 Å². The highest BCUT2D eigenvalue weighted by molar-refractivity contribution is 7.13. The van der Waals surface area contributed by atoms with E-state index in [0.717, 1.165) is 49.1 Å². The van der Waals surface area contributed by atoms with Gasteiger partial charge >= 0.3 is 0 Å². The minimum absolute atomic E-state index is 0.218. The van der Waals surface area contributed by atoms with Crippen molar-refractivity contribution in [3.63, 3.8) is 0 Å². The lowest BCUT2D eigenvalue weighted by molar-refractivity contribution is 0.160. The molecule has 2 aromatic rings. The van der Waals surface area contributed by atoms with Gasteiger partial charge in [-0.2, -0.15) is 4.98 Å². The lowest BCUT2D eigenvalue weighted by Gasteiger charge is -2.32. The summed E-state index contributed by atoms with van der Waals surface area (Å²) in [7, 11) is 1.65. The summed E-state index contributed by atoms with van der Waals surface area (Å²) in [6, 6.07) is 2.13. The Morgan fingerprint density at radius 3 is 3.00 bits per heavy atom. The number of nitrogens with one attached hydrogen (secondary N) is 1. The maximum Gasteiger partial charge on any atom is 0.271 e. The summed E-state index contributed by atoms with van der Waals surface area (Å²) < 4.78 is 10.8. The fourth-order valence-corrected chi connectivity index (χ4v) is 3.45. The number of hydrogen-bond acceptors (Lipinski definition) is 7. The SMILES string of the molecule is CCC(c1noc(-c2sccc2OC)n1)N1CCNCC1. The first kappa shape index (κ1) is 14.5. The van der Waals surface area contributed by atoms with Crippen molar-refractivity contribution in [1.82, 2.24) is 20.4 Å². The minimum Gasteiger partial charge on any atom is -0.495 e. The number of aromatic nitrogens is 2.